The van der Waals surface area contributed by atoms with Gasteiger partial charge in [-0.3, -0.25) is 4.79 Å². The van der Waals surface area contributed by atoms with Crippen LogP contribution in [-0.4, -0.2) is 58.3 Å². The second kappa shape index (κ2) is 10.4. The van der Waals surface area contributed by atoms with Gasteiger partial charge in [0.05, 0.1) is 0 Å². The lowest BCUT2D eigenvalue weighted by Crippen LogP contribution is -2.41. The van der Waals surface area contributed by atoms with E-state index in [4.69, 9.17) is 9.84 Å². The predicted octanol–water partition coefficient (Wildman–Crippen LogP) is 4.28. The average Bonchev–Trinajstić information content (AvgIpc) is 3.22. The Labute approximate surface area is 197 Å². The number of esters is 1. The molecule has 3 heterocycles. The number of anilines is 2. The highest BCUT2D eigenvalue weighted by molar-refractivity contribution is 5.81. The van der Waals surface area contributed by atoms with E-state index in [9.17, 15) is 22.8 Å². The van der Waals surface area contributed by atoms with E-state index in [1.54, 1.807) is 25.7 Å². The topological polar surface area (TPSA) is 95.9 Å². The average molecular weight is 487 g/mol. The number of aromatic nitrogens is 2. The van der Waals surface area contributed by atoms with Crippen LogP contribution < -0.4 is 9.80 Å². The van der Waals surface area contributed by atoms with Crippen LogP contribution in [0.4, 0.5) is 24.8 Å². The predicted molar refractivity (Wildman–Crippen MR) is 120 cm³/mol. The SMILES string of the molecule is CC(C)(C)OC(=O)C1CCCN1c1cc(N2CCC(CCCC(=O)O)CC2)nc(C(F)(F)F)n1. The van der Waals surface area contributed by atoms with Gasteiger partial charge in [0.25, 0.3) is 0 Å². The molecular formula is C23H33F3N4O4. The highest BCUT2D eigenvalue weighted by atomic mass is 19.4. The number of nitrogens with zero attached hydrogens (tertiary/aromatic N) is 4. The number of aliphatic carboxylic acids is 1. The van der Waals surface area contributed by atoms with E-state index in [1.807, 2.05) is 4.90 Å². The number of rotatable bonds is 7. The molecule has 2 aliphatic rings. The summed E-state index contributed by atoms with van der Waals surface area (Å²) in [6, 6.07) is 0.839. The van der Waals surface area contributed by atoms with Crippen LogP contribution in [0.15, 0.2) is 6.07 Å². The Morgan fingerprint density at radius 2 is 1.74 bits per heavy atom. The van der Waals surface area contributed by atoms with Crippen LogP contribution in [0.25, 0.3) is 0 Å². The second-order valence-electron chi connectivity index (χ2n) is 10.0. The van der Waals surface area contributed by atoms with Crippen LogP contribution in [0, 0.1) is 5.92 Å². The first kappa shape index (κ1) is 26.0. The number of carboxylic acids is 1. The van der Waals surface area contributed by atoms with Crippen molar-refractivity contribution in [2.75, 3.05) is 29.4 Å². The molecule has 1 unspecified atom stereocenters. The van der Waals surface area contributed by atoms with Gasteiger partial charge in [0.15, 0.2) is 0 Å². The molecule has 34 heavy (non-hydrogen) atoms. The minimum atomic E-state index is -4.72. The highest BCUT2D eigenvalue weighted by Gasteiger charge is 2.39. The molecule has 1 aromatic heterocycles. The third-order valence-electron chi connectivity index (χ3n) is 6.12. The van der Waals surface area contributed by atoms with Crippen molar-refractivity contribution in [2.24, 2.45) is 5.92 Å². The molecule has 2 fully saturated rings. The zero-order valence-corrected chi connectivity index (χ0v) is 19.9. The summed E-state index contributed by atoms with van der Waals surface area (Å²) in [4.78, 5) is 34.4. The maximum absolute atomic E-state index is 13.6. The fraction of sp³-hybridized carbons (Fsp3) is 0.739. The minimum absolute atomic E-state index is 0.0780. The Morgan fingerprint density at radius 3 is 2.32 bits per heavy atom. The summed E-state index contributed by atoms with van der Waals surface area (Å²) < 4.78 is 46.4. The van der Waals surface area contributed by atoms with Crippen molar-refractivity contribution in [3.05, 3.63) is 11.9 Å². The Hall–Kier alpha value is -2.59. The molecule has 0 bridgehead atoms. The van der Waals surface area contributed by atoms with Gasteiger partial charge in [-0.25, -0.2) is 14.8 Å². The van der Waals surface area contributed by atoms with E-state index in [0.717, 1.165) is 19.3 Å². The summed E-state index contributed by atoms with van der Waals surface area (Å²) in [5.41, 5.74) is -0.700. The van der Waals surface area contributed by atoms with Crippen LogP contribution in [0.2, 0.25) is 0 Å². The lowest BCUT2D eigenvalue weighted by Gasteiger charge is -2.34. The number of carbonyl (C=O) groups excluding carboxylic acids is 1. The standard InChI is InChI=1S/C23H33F3N4O4/c1-22(2,3)34-20(33)16-7-5-11-30(16)18-14-17(27-21(28-18)23(24,25)26)29-12-9-15(10-13-29)6-4-8-19(31)32/h14-16H,4-13H2,1-3H3,(H,31,32). The fourth-order valence-corrected chi connectivity index (χ4v) is 4.51. The van der Waals surface area contributed by atoms with Crippen molar-refractivity contribution in [3.8, 4) is 0 Å². The zero-order valence-electron chi connectivity index (χ0n) is 19.9. The van der Waals surface area contributed by atoms with E-state index in [1.165, 1.54) is 6.07 Å². The fourth-order valence-electron chi connectivity index (χ4n) is 4.51. The summed E-state index contributed by atoms with van der Waals surface area (Å²) in [7, 11) is 0. The van der Waals surface area contributed by atoms with Crippen molar-refractivity contribution in [3.63, 3.8) is 0 Å². The summed E-state index contributed by atoms with van der Waals surface area (Å²) in [5.74, 6) is -1.91. The molecule has 8 nitrogen and oxygen atoms in total. The molecule has 2 saturated heterocycles. The maximum Gasteiger partial charge on any atom is 0.451 e. The number of carbonyl (C=O) groups is 2. The second-order valence-corrected chi connectivity index (χ2v) is 10.0. The minimum Gasteiger partial charge on any atom is -0.481 e. The first-order valence-corrected chi connectivity index (χ1v) is 11.8. The molecule has 0 saturated carbocycles. The van der Waals surface area contributed by atoms with Crippen LogP contribution in [0.3, 0.4) is 0 Å². The molecule has 11 heteroatoms. The van der Waals surface area contributed by atoms with Crippen LogP contribution >= 0.6 is 0 Å². The molecule has 1 aromatic rings. The van der Waals surface area contributed by atoms with Crippen molar-refractivity contribution in [1.82, 2.24) is 9.97 Å². The molecule has 2 aliphatic heterocycles. The molecular weight excluding hydrogens is 453 g/mol. The number of piperidine rings is 1. The first-order valence-electron chi connectivity index (χ1n) is 11.8. The molecule has 0 spiro atoms. The van der Waals surface area contributed by atoms with Crippen molar-refractivity contribution in [2.45, 2.75) is 83.5 Å². The molecule has 1 atom stereocenters. The Kier molecular flexibility index (Phi) is 7.92. The van der Waals surface area contributed by atoms with Gasteiger partial charge in [-0.15, -0.1) is 0 Å². The van der Waals surface area contributed by atoms with Gasteiger partial charge in [0, 0.05) is 32.1 Å². The molecule has 0 amide bonds. The monoisotopic (exact) mass is 486 g/mol. The van der Waals surface area contributed by atoms with E-state index < -0.39 is 35.6 Å². The molecule has 3 rings (SSSR count). The highest BCUT2D eigenvalue weighted by Crippen LogP contribution is 2.34. The Morgan fingerprint density at radius 1 is 1.09 bits per heavy atom. The zero-order chi connectivity index (χ0) is 25.1. The Balaban J connectivity index is 1.78. The van der Waals surface area contributed by atoms with Gasteiger partial charge in [-0.1, -0.05) is 0 Å². The van der Waals surface area contributed by atoms with E-state index in [2.05, 4.69) is 9.97 Å². The third kappa shape index (κ3) is 6.96. The van der Waals surface area contributed by atoms with E-state index in [-0.39, 0.29) is 18.1 Å². The van der Waals surface area contributed by atoms with Gasteiger partial charge in [0.1, 0.15) is 23.3 Å². The third-order valence-corrected chi connectivity index (χ3v) is 6.12. The van der Waals surface area contributed by atoms with Crippen molar-refractivity contribution < 1.29 is 32.6 Å². The molecule has 0 radical (unpaired) electrons. The molecule has 0 aromatic carbocycles. The number of halogens is 3. The van der Waals surface area contributed by atoms with E-state index >= 15 is 0 Å². The summed E-state index contributed by atoms with van der Waals surface area (Å²) in [6.07, 6.45) is -0.579. The first-order chi connectivity index (χ1) is 15.8. The van der Waals surface area contributed by atoms with Gasteiger partial charge in [-0.2, -0.15) is 13.2 Å². The lowest BCUT2D eigenvalue weighted by molar-refractivity contribution is -0.156. The van der Waals surface area contributed by atoms with E-state index in [0.29, 0.717) is 44.8 Å². The summed E-state index contributed by atoms with van der Waals surface area (Å²) in [5, 5.41) is 8.80. The largest absolute Gasteiger partial charge is 0.481 e. The summed E-state index contributed by atoms with van der Waals surface area (Å²) >= 11 is 0. The van der Waals surface area contributed by atoms with Crippen molar-refractivity contribution >= 4 is 23.6 Å². The van der Waals surface area contributed by atoms with Gasteiger partial charge >= 0.3 is 18.1 Å². The van der Waals surface area contributed by atoms with Crippen LogP contribution in [0.5, 0.6) is 0 Å². The molecule has 0 aliphatic carbocycles. The van der Waals surface area contributed by atoms with Crippen molar-refractivity contribution in [1.29, 1.82) is 0 Å². The quantitative estimate of drug-likeness (QED) is 0.571. The molecule has 1 N–H and O–H groups in total. The molecule has 190 valence electrons. The maximum atomic E-state index is 13.6. The normalized spacial score (nSPS) is 20.0. The van der Waals surface area contributed by atoms with Crippen LogP contribution in [-0.2, 0) is 20.5 Å². The lowest BCUT2D eigenvalue weighted by atomic mass is 9.91. The van der Waals surface area contributed by atoms with Crippen LogP contribution in [0.1, 0.15) is 71.5 Å². The van der Waals surface area contributed by atoms with Gasteiger partial charge in [0.2, 0.25) is 5.82 Å². The Bertz CT molecular complexity index is 880. The summed E-state index contributed by atoms with van der Waals surface area (Å²) in [6.45, 7) is 6.71. The smallest absolute Gasteiger partial charge is 0.451 e. The number of carboxylic acid groups (broad SMARTS) is 1. The number of hydrogen-bond donors (Lipinski definition) is 1. The number of ether oxygens (including phenoxy) is 1. The van der Waals surface area contributed by atoms with Gasteiger partial charge in [-0.05, 0) is 65.2 Å². The van der Waals surface area contributed by atoms with Gasteiger partial charge < -0.3 is 19.6 Å². The number of alkyl halides is 3. The number of hydrogen-bond acceptors (Lipinski definition) is 7.